The number of fused-ring (bicyclic) bond motifs is 1. The van der Waals surface area contributed by atoms with Crippen molar-refractivity contribution in [2.75, 3.05) is 5.32 Å². The number of rotatable bonds is 6. The summed E-state index contributed by atoms with van der Waals surface area (Å²) in [7, 11) is 0. The summed E-state index contributed by atoms with van der Waals surface area (Å²) in [5, 5.41) is 2.93. The highest BCUT2D eigenvalue weighted by atomic mass is 19.1. The van der Waals surface area contributed by atoms with Gasteiger partial charge in [0.2, 0.25) is 5.91 Å². The molecule has 2 aliphatic rings. The van der Waals surface area contributed by atoms with Crippen molar-refractivity contribution >= 4 is 11.6 Å². The van der Waals surface area contributed by atoms with Crippen LogP contribution in [0.4, 0.5) is 10.1 Å². The fraction of sp³-hybridized carbons (Fsp3) is 0.269. The fourth-order valence-corrected chi connectivity index (χ4v) is 4.31. The number of hydrogen-bond donors (Lipinski definition) is 1. The van der Waals surface area contributed by atoms with Gasteiger partial charge in [0.15, 0.2) is 0 Å². The second-order valence-electron chi connectivity index (χ2n) is 8.37. The maximum Gasteiger partial charge on any atom is 0.245 e. The van der Waals surface area contributed by atoms with Gasteiger partial charge in [-0.15, -0.1) is 0 Å². The van der Waals surface area contributed by atoms with Gasteiger partial charge in [-0.05, 0) is 42.0 Å². The third-order valence-electron chi connectivity index (χ3n) is 5.98. The highest BCUT2D eigenvalue weighted by Crippen LogP contribution is 2.41. The van der Waals surface area contributed by atoms with Gasteiger partial charge < -0.3 is 10.1 Å². The molecule has 3 aromatic rings. The molecule has 0 aromatic heterocycles. The summed E-state index contributed by atoms with van der Waals surface area (Å²) in [6, 6.07) is 24.2. The number of nitrogens with one attached hydrogen (secondary N) is 1. The van der Waals surface area contributed by atoms with E-state index in [0.717, 1.165) is 24.0 Å². The predicted molar refractivity (Wildman–Crippen MR) is 118 cm³/mol. The van der Waals surface area contributed by atoms with Gasteiger partial charge in [0.05, 0.1) is 5.69 Å². The second-order valence-corrected chi connectivity index (χ2v) is 8.37. The largest absolute Gasteiger partial charge is 0.486 e. The minimum atomic E-state index is -0.483. The van der Waals surface area contributed by atoms with Crippen LogP contribution in [0.3, 0.4) is 0 Å². The molecule has 1 fully saturated rings. The second kappa shape index (κ2) is 8.52. The number of benzene rings is 3. The molecule has 5 rings (SSSR count). The van der Waals surface area contributed by atoms with Crippen molar-refractivity contribution in [3.05, 3.63) is 95.8 Å². The van der Waals surface area contributed by atoms with Crippen LogP contribution in [0, 0.1) is 11.7 Å². The minimum Gasteiger partial charge on any atom is -0.486 e. The molecule has 3 aromatic carbocycles. The third kappa shape index (κ3) is 4.47. The van der Waals surface area contributed by atoms with Crippen LogP contribution in [0.1, 0.15) is 24.0 Å². The lowest BCUT2D eigenvalue weighted by atomic mass is 10.0. The van der Waals surface area contributed by atoms with Crippen LogP contribution in [0.5, 0.6) is 5.75 Å². The van der Waals surface area contributed by atoms with Crippen LogP contribution >= 0.6 is 0 Å². The summed E-state index contributed by atoms with van der Waals surface area (Å²) in [4.78, 5) is 15.7. The third-order valence-corrected chi connectivity index (χ3v) is 5.98. The summed E-state index contributed by atoms with van der Waals surface area (Å²) in [6.07, 6.45) is 1.80. The predicted octanol–water partition coefficient (Wildman–Crippen LogP) is 5.01. The van der Waals surface area contributed by atoms with E-state index in [0.29, 0.717) is 30.4 Å². The molecule has 1 heterocycles. The molecule has 1 N–H and O–H groups in total. The van der Waals surface area contributed by atoms with E-state index in [2.05, 4.69) is 34.5 Å². The first-order valence-electron chi connectivity index (χ1n) is 10.8. The minimum absolute atomic E-state index is 0.145. The number of carbonyl (C=O) groups excluding carboxylic acids is 1. The molecule has 2 atom stereocenters. The van der Waals surface area contributed by atoms with E-state index in [1.165, 1.54) is 12.1 Å². The van der Waals surface area contributed by atoms with Crippen molar-refractivity contribution in [3.63, 3.8) is 0 Å². The number of anilines is 1. The molecule has 0 unspecified atom stereocenters. The standard InChI is InChI=1S/C26H25FN2O2/c27-21-13-14-23-22(15-21)28-26(30)24(25(31-23)20-11-12-20)29(16-18-7-3-1-4-8-18)17-19-9-5-2-6-10-19/h1-10,13-15,20,24-25H,11-12,16-17H2,(H,28,30)/t24-,25+/m1/s1. The maximum absolute atomic E-state index is 13.8. The lowest BCUT2D eigenvalue weighted by Gasteiger charge is -2.34. The summed E-state index contributed by atoms with van der Waals surface area (Å²) in [5.41, 5.74) is 2.67. The number of hydrogen-bond acceptors (Lipinski definition) is 3. The van der Waals surface area contributed by atoms with Gasteiger partial charge in [0.1, 0.15) is 23.7 Å². The van der Waals surface area contributed by atoms with Gasteiger partial charge in [-0.2, -0.15) is 0 Å². The van der Waals surface area contributed by atoms with Crippen molar-refractivity contribution in [3.8, 4) is 5.75 Å². The van der Waals surface area contributed by atoms with E-state index >= 15 is 0 Å². The van der Waals surface area contributed by atoms with E-state index in [-0.39, 0.29) is 12.0 Å². The van der Waals surface area contributed by atoms with Gasteiger partial charge in [0.25, 0.3) is 0 Å². The first-order chi connectivity index (χ1) is 15.2. The van der Waals surface area contributed by atoms with Gasteiger partial charge in [-0.25, -0.2) is 4.39 Å². The first kappa shape index (κ1) is 19.8. The Kier molecular flexibility index (Phi) is 5.43. The van der Waals surface area contributed by atoms with Crippen LogP contribution in [0.25, 0.3) is 0 Å². The van der Waals surface area contributed by atoms with Crippen molar-refractivity contribution in [1.29, 1.82) is 0 Å². The zero-order valence-corrected chi connectivity index (χ0v) is 17.2. The molecular weight excluding hydrogens is 391 g/mol. The fourth-order valence-electron chi connectivity index (χ4n) is 4.31. The Bertz CT molecular complexity index is 1010. The zero-order chi connectivity index (χ0) is 21.2. The molecule has 0 bridgehead atoms. The average Bonchev–Trinajstić information content (AvgIpc) is 3.62. The van der Waals surface area contributed by atoms with Gasteiger partial charge >= 0.3 is 0 Å². The van der Waals surface area contributed by atoms with E-state index < -0.39 is 11.9 Å². The van der Waals surface area contributed by atoms with Crippen molar-refractivity contribution in [2.24, 2.45) is 5.92 Å². The molecule has 0 radical (unpaired) electrons. The van der Waals surface area contributed by atoms with E-state index in [1.807, 2.05) is 36.4 Å². The lowest BCUT2D eigenvalue weighted by molar-refractivity contribution is -0.125. The Morgan fingerprint density at radius 2 is 1.52 bits per heavy atom. The maximum atomic E-state index is 13.8. The number of carbonyl (C=O) groups is 1. The number of ether oxygens (including phenoxy) is 1. The average molecular weight is 416 g/mol. The summed E-state index contributed by atoms with van der Waals surface area (Å²) >= 11 is 0. The zero-order valence-electron chi connectivity index (χ0n) is 17.2. The quantitative estimate of drug-likeness (QED) is 0.614. The van der Waals surface area contributed by atoms with Crippen LogP contribution in [0.15, 0.2) is 78.9 Å². The smallest absolute Gasteiger partial charge is 0.245 e. The van der Waals surface area contributed by atoms with Gasteiger partial charge in [-0.3, -0.25) is 9.69 Å². The Hall–Kier alpha value is -3.18. The Morgan fingerprint density at radius 3 is 2.10 bits per heavy atom. The summed E-state index contributed by atoms with van der Waals surface area (Å²) < 4.78 is 20.2. The monoisotopic (exact) mass is 416 g/mol. The lowest BCUT2D eigenvalue weighted by Crippen LogP contribution is -2.52. The Labute approximate surface area is 181 Å². The Morgan fingerprint density at radius 1 is 0.903 bits per heavy atom. The topological polar surface area (TPSA) is 41.6 Å². The van der Waals surface area contributed by atoms with Gasteiger partial charge in [-0.1, -0.05) is 60.7 Å². The molecule has 158 valence electrons. The molecule has 1 aliphatic heterocycles. The number of nitrogens with zero attached hydrogens (tertiary/aromatic N) is 1. The molecule has 4 nitrogen and oxygen atoms in total. The van der Waals surface area contributed by atoms with Crippen LogP contribution in [-0.4, -0.2) is 23.0 Å². The van der Waals surface area contributed by atoms with Crippen molar-refractivity contribution in [2.45, 2.75) is 38.1 Å². The van der Waals surface area contributed by atoms with Crippen LogP contribution in [0.2, 0.25) is 0 Å². The molecular formula is C26H25FN2O2. The first-order valence-corrected chi connectivity index (χ1v) is 10.8. The molecule has 31 heavy (non-hydrogen) atoms. The molecule has 0 spiro atoms. The normalized spacial score (nSPS) is 20.5. The van der Waals surface area contributed by atoms with Crippen molar-refractivity contribution < 1.29 is 13.9 Å². The molecule has 1 amide bonds. The molecule has 1 saturated carbocycles. The van der Waals surface area contributed by atoms with E-state index in [1.54, 1.807) is 6.07 Å². The Balaban J connectivity index is 1.51. The van der Waals surface area contributed by atoms with E-state index in [4.69, 9.17) is 4.74 Å². The molecule has 5 heteroatoms. The summed E-state index contributed by atoms with van der Waals surface area (Å²) in [5.74, 6) is 0.317. The van der Waals surface area contributed by atoms with E-state index in [9.17, 15) is 9.18 Å². The molecule has 0 saturated heterocycles. The van der Waals surface area contributed by atoms with Crippen LogP contribution < -0.4 is 10.1 Å². The SMILES string of the molecule is O=C1Nc2cc(F)ccc2O[C@@H](C2CC2)[C@H]1N(Cc1ccccc1)Cc1ccccc1. The van der Waals surface area contributed by atoms with Crippen molar-refractivity contribution in [1.82, 2.24) is 4.90 Å². The molecule has 1 aliphatic carbocycles. The van der Waals surface area contributed by atoms with Gasteiger partial charge in [0, 0.05) is 19.2 Å². The number of halogens is 1. The highest BCUT2D eigenvalue weighted by Gasteiger charge is 2.46. The highest BCUT2D eigenvalue weighted by molar-refractivity contribution is 5.97. The van der Waals surface area contributed by atoms with Crippen LogP contribution in [-0.2, 0) is 17.9 Å². The summed E-state index contributed by atoms with van der Waals surface area (Å²) in [6.45, 7) is 1.23. The number of amides is 1.